The number of hydrogen-bond donors (Lipinski definition) is 0. The van der Waals surface area contributed by atoms with E-state index in [9.17, 15) is 26.7 Å². The van der Waals surface area contributed by atoms with Crippen molar-refractivity contribution in [1.29, 1.82) is 0 Å². The van der Waals surface area contributed by atoms with Crippen LogP contribution in [0.15, 0.2) is 6.07 Å². The fourth-order valence-electron chi connectivity index (χ4n) is 1.46. The minimum atomic E-state index is -4.86. The van der Waals surface area contributed by atoms with Crippen LogP contribution >= 0.6 is 0 Å². The van der Waals surface area contributed by atoms with Crippen LogP contribution in [-0.4, -0.2) is 25.2 Å². The van der Waals surface area contributed by atoms with Gasteiger partial charge in [-0.1, -0.05) is 0 Å². The number of carbonyl (C=O) groups excluding carboxylic acids is 1. The molecule has 0 bridgehead atoms. The number of rotatable bonds is 4. The van der Waals surface area contributed by atoms with E-state index in [1.807, 2.05) is 0 Å². The topological polar surface area (TPSA) is 48.4 Å². The average molecular weight is 299 g/mol. The van der Waals surface area contributed by atoms with Crippen molar-refractivity contribution < 1.29 is 36.2 Å². The summed E-state index contributed by atoms with van der Waals surface area (Å²) in [7, 11) is 1.91. The summed E-state index contributed by atoms with van der Waals surface area (Å²) in [6, 6.07) is 0.396. The largest absolute Gasteiger partial charge is 0.495 e. The van der Waals surface area contributed by atoms with Crippen LogP contribution in [0, 0.1) is 0 Å². The Morgan fingerprint density at radius 3 is 2.35 bits per heavy atom. The number of hydrogen-bond acceptors (Lipinski definition) is 4. The van der Waals surface area contributed by atoms with Gasteiger partial charge in [0.1, 0.15) is 11.4 Å². The van der Waals surface area contributed by atoms with E-state index in [4.69, 9.17) is 0 Å². The van der Waals surface area contributed by atoms with Crippen molar-refractivity contribution in [2.24, 2.45) is 0 Å². The molecule has 0 aliphatic heterocycles. The third-order valence-electron chi connectivity index (χ3n) is 2.37. The molecule has 0 aromatic carbocycles. The number of halogens is 5. The summed E-state index contributed by atoms with van der Waals surface area (Å²) in [6.07, 6.45) is -8.86. The molecule has 0 amide bonds. The molecule has 0 radical (unpaired) electrons. The van der Waals surface area contributed by atoms with Crippen LogP contribution in [0.4, 0.5) is 22.0 Å². The predicted molar refractivity (Wildman–Crippen MR) is 56.5 cm³/mol. The smallest absolute Gasteiger partial charge is 0.418 e. The van der Waals surface area contributed by atoms with Crippen molar-refractivity contribution in [2.75, 3.05) is 14.2 Å². The molecule has 20 heavy (non-hydrogen) atoms. The molecule has 0 aliphatic carbocycles. The fourth-order valence-corrected chi connectivity index (χ4v) is 1.46. The molecular weight excluding hydrogens is 289 g/mol. The lowest BCUT2D eigenvalue weighted by molar-refractivity contribution is -0.141. The second-order valence-corrected chi connectivity index (χ2v) is 3.62. The molecule has 0 atom stereocenters. The van der Waals surface area contributed by atoms with Gasteiger partial charge in [0.2, 0.25) is 0 Å². The zero-order valence-electron chi connectivity index (χ0n) is 10.4. The molecule has 0 unspecified atom stereocenters. The van der Waals surface area contributed by atoms with Crippen LogP contribution in [0.3, 0.4) is 0 Å². The molecule has 0 saturated carbocycles. The van der Waals surface area contributed by atoms with Crippen molar-refractivity contribution in [3.8, 4) is 5.75 Å². The van der Waals surface area contributed by atoms with Crippen molar-refractivity contribution in [3.63, 3.8) is 0 Å². The number of ether oxygens (including phenoxy) is 2. The van der Waals surface area contributed by atoms with E-state index in [0.29, 0.717) is 6.07 Å². The summed E-state index contributed by atoms with van der Waals surface area (Å²) >= 11 is 0. The quantitative estimate of drug-likeness (QED) is 0.633. The first-order valence-corrected chi connectivity index (χ1v) is 5.20. The Morgan fingerprint density at radius 2 is 1.95 bits per heavy atom. The van der Waals surface area contributed by atoms with Crippen LogP contribution in [0.5, 0.6) is 5.75 Å². The van der Waals surface area contributed by atoms with Gasteiger partial charge in [-0.25, -0.2) is 13.8 Å². The maximum atomic E-state index is 12.8. The van der Waals surface area contributed by atoms with Gasteiger partial charge in [0.25, 0.3) is 6.43 Å². The Balaban J connectivity index is 3.44. The molecule has 0 N–H and O–H groups in total. The van der Waals surface area contributed by atoms with Crippen LogP contribution in [0.25, 0.3) is 0 Å². The van der Waals surface area contributed by atoms with Gasteiger partial charge in [-0.15, -0.1) is 0 Å². The Bertz CT molecular complexity index is 502. The summed E-state index contributed by atoms with van der Waals surface area (Å²) in [4.78, 5) is 14.2. The molecule has 112 valence electrons. The maximum Gasteiger partial charge on any atom is 0.418 e. The van der Waals surface area contributed by atoms with Crippen LogP contribution < -0.4 is 4.74 Å². The number of esters is 1. The lowest BCUT2D eigenvalue weighted by Gasteiger charge is -2.15. The summed E-state index contributed by atoms with van der Waals surface area (Å²) in [5.41, 5.74) is -3.11. The SMILES string of the molecule is COC(=O)Cc1nc(C(F)F)c(OC)cc1C(F)(F)F. The normalized spacial score (nSPS) is 11.6. The van der Waals surface area contributed by atoms with E-state index in [-0.39, 0.29) is 0 Å². The van der Waals surface area contributed by atoms with E-state index >= 15 is 0 Å². The average Bonchev–Trinajstić information content (AvgIpc) is 2.36. The van der Waals surface area contributed by atoms with E-state index < -0.39 is 47.7 Å². The van der Waals surface area contributed by atoms with Crippen molar-refractivity contribution in [1.82, 2.24) is 4.98 Å². The Morgan fingerprint density at radius 1 is 1.35 bits per heavy atom. The highest BCUT2D eigenvalue weighted by Gasteiger charge is 2.37. The number of nitrogens with zero attached hydrogens (tertiary/aromatic N) is 1. The molecule has 0 spiro atoms. The second-order valence-electron chi connectivity index (χ2n) is 3.62. The van der Waals surface area contributed by atoms with E-state index in [1.165, 1.54) is 0 Å². The molecule has 9 heteroatoms. The van der Waals surface area contributed by atoms with Crippen molar-refractivity contribution >= 4 is 5.97 Å². The zero-order valence-corrected chi connectivity index (χ0v) is 10.4. The third kappa shape index (κ3) is 3.55. The minimum Gasteiger partial charge on any atom is -0.495 e. The highest BCUT2D eigenvalue weighted by atomic mass is 19.4. The molecule has 1 heterocycles. The van der Waals surface area contributed by atoms with Gasteiger partial charge < -0.3 is 9.47 Å². The van der Waals surface area contributed by atoms with Gasteiger partial charge in [-0.3, -0.25) is 4.79 Å². The molecule has 1 rings (SSSR count). The second kappa shape index (κ2) is 6.02. The van der Waals surface area contributed by atoms with Gasteiger partial charge in [-0.05, 0) is 6.07 Å². The maximum absolute atomic E-state index is 12.8. The Labute approximate surface area is 110 Å². The summed E-state index contributed by atoms with van der Waals surface area (Å²) in [5.74, 6) is -1.71. The van der Waals surface area contributed by atoms with Gasteiger partial charge in [-0.2, -0.15) is 13.2 Å². The highest BCUT2D eigenvalue weighted by molar-refractivity contribution is 5.72. The first-order valence-electron chi connectivity index (χ1n) is 5.20. The minimum absolute atomic E-state index is 0.396. The zero-order chi connectivity index (χ0) is 15.5. The van der Waals surface area contributed by atoms with Gasteiger partial charge >= 0.3 is 12.1 Å². The summed E-state index contributed by atoms with van der Waals surface area (Å²) in [5, 5.41) is 0. The van der Waals surface area contributed by atoms with Gasteiger partial charge in [0.05, 0.1) is 31.9 Å². The van der Waals surface area contributed by atoms with Crippen LogP contribution in [-0.2, 0) is 22.1 Å². The number of alkyl halides is 5. The predicted octanol–water partition coefficient (Wildman–Crippen LogP) is 2.76. The first-order chi connectivity index (χ1) is 9.20. The van der Waals surface area contributed by atoms with E-state index in [2.05, 4.69) is 14.5 Å². The van der Waals surface area contributed by atoms with E-state index in [0.717, 1.165) is 14.2 Å². The molecule has 0 fully saturated rings. The first kappa shape index (κ1) is 16.1. The summed E-state index contributed by atoms with van der Waals surface area (Å²) in [6.45, 7) is 0. The molecule has 0 saturated heterocycles. The summed E-state index contributed by atoms with van der Waals surface area (Å²) < 4.78 is 72.5. The molecule has 1 aromatic rings. The highest BCUT2D eigenvalue weighted by Crippen LogP contribution is 2.37. The molecule has 4 nitrogen and oxygen atoms in total. The monoisotopic (exact) mass is 299 g/mol. The Kier molecular flexibility index (Phi) is 4.85. The Hall–Kier alpha value is -1.93. The van der Waals surface area contributed by atoms with Gasteiger partial charge in [0, 0.05) is 0 Å². The lowest BCUT2D eigenvalue weighted by Crippen LogP contribution is -2.17. The standard InChI is InChI=1S/C11H10F5NO3/c1-19-7-3-5(11(14,15)16)6(4-8(18)20-2)17-9(7)10(12)13/h3,10H,4H2,1-2H3. The van der Waals surface area contributed by atoms with Crippen molar-refractivity contribution in [3.05, 3.63) is 23.0 Å². The van der Waals surface area contributed by atoms with E-state index in [1.54, 1.807) is 0 Å². The lowest BCUT2D eigenvalue weighted by atomic mass is 10.1. The van der Waals surface area contributed by atoms with Crippen LogP contribution in [0.2, 0.25) is 0 Å². The molecule has 0 aliphatic rings. The van der Waals surface area contributed by atoms with Gasteiger partial charge in [0.15, 0.2) is 0 Å². The number of aromatic nitrogens is 1. The number of carbonyl (C=O) groups is 1. The molecular formula is C11H10F5NO3. The number of methoxy groups -OCH3 is 2. The van der Waals surface area contributed by atoms with Crippen LogP contribution in [0.1, 0.15) is 23.4 Å². The number of pyridine rings is 1. The third-order valence-corrected chi connectivity index (χ3v) is 2.37. The fraction of sp³-hybridized carbons (Fsp3) is 0.455. The van der Waals surface area contributed by atoms with Crippen molar-refractivity contribution in [2.45, 2.75) is 19.0 Å². The molecule has 1 aromatic heterocycles.